The summed E-state index contributed by atoms with van der Waals surface area (Å²) < 4.78 is 2.10. The van der Waals surface area contributed by atoms with Crippen molar-refractivity contribution in [1.29, 1.82) is 0 Å². The van der Waals surface area contributed by atoms with Crippen LogP contribution in [0.25, 0.3) is 21.8 Å². The van der Waals surface area contributed by atoms with Gasteiger partial charge >= 0.3 is 0 Å². The molecule has 4 rings (SSSR count). The van der Waals surface area contributed by atoms with Crippen LogP contribution in [0.5, 0.6) is 0 Å². The molecule has 2 heterocycles. The minimum absolute atomic E-state index is 1.02. The summed E-state index contributed by atoms with van der Waals surface area (Å²) in [7, 11) is 0. The van der Waals surface area contributed by atoms with E-state index in [2.05, 4.69) is 41.8 Å². The second-order valence-electron chi connectivity index (χ2n) is 4.63. The number of pyridine rings is 2. The molecular weight excluding hydrogens is 404 g/mol. The summed E-state index contributed by atoms with van der Waals surface area (Å²) in [4.78, 5) is 8.47. The van der Waals surface area contributed by atoms with Crippen LogP contribution >= 0.6 is 31.9 Å². The monoisotopic (exact) mass is 414 g/mol. The number of hydrogen-bond acceptors (Lipinski definition) is 2. The minimum Gasteiger partial charge on any atom is -0.255 e. The third-order valence-electron chi connectivity index (χ3n) is 3.17. The molecule has 4 heteroatoms. The summed E-state index contributed by atoms with van der Waals surface area (Å²) in [5.74, 6) is 0. The number of hydrogen-bond donors (Lipinski definition) is 0. The van der Waals surface area contributed by atoms with Gasteiger partial charge in [-0.2, -0.15) is 0 Å². The molecule has 0 amide bonds. The molecule has 0 aliphatic carbocycles. The number of halogens is 2. The molecule has 2 aromatic carbocycles. The molecule has 0 atom stereocenters. The van der Waals surface area contributed by atoms with Crippen molar-refractivity contribution in [2.45, 2.75) is 0 Å². The first-order valence-corrected chi connectivity index (χ1v) is 8.33. The molecule has 108 valence electrons. The highest BCUT2D eigenvalue weighted by atomic mass is 79.9. The number of rotatable bonds is 0. The highest BCUT2D eigenvalue weighted by Crippen LogP contribution is 2.21. The Morgan fingerprint density at radius 3 is 1.36 bits per heavy atom. The maximum atomic E-state index is 4.23. The number of fused-ring (bicyclic) bond motifs is 2. The van der Waals surface area contributed by atoms with Gasteiger partial charge in [0.1, 0.15) is 0 Å². The molecule has 2 nitrogen and oxygen atoms in total. The largest absolute Gasteiger partial charge is 0.255 e. The molecule has 4 aromatic rings. The normalized spacial score (nSPS) is 10.3. The third-order valence-corrected chi connectivity index (χ3v) is 4.45. The predicted molar refractivity (Wildman–Crippen MR) is 98.9 cm³/mol. The molecule has 0 bridgehead atoms. The smallest absolute Gasteiger partial charge is 0.0843 e. The SMILES string of the molecule is Brc1cccc2cccnc12.Brc1cccc2cccnc12. The molecule has 0 spiro atoms. The molecule has 0 radical (unpaired) electrons. The first-order valence-electron chi connectivity index (χ1n) is 6.74. The van der Waals surface area contributed by atoms with Crippen LogP contribution in [0.2, 0.25) is 0 Å². The van der Waals surface area contributed by atoms with Crippen LogP contribution in [-0.4, -0.2) is 9.97 Å². The van der Waals surface area contributed by atoms with Crippen LogP contribution in [0.1, 0.15) is 0 Å². The molecule has 0 unspecified atom stereocenters. The Kier molecular flexibility index (Phi) is 4.80. The summed E-state index contributed by atoms with van der Waals surface area (Å²) in [5, 5.41) is 2.34. The third kappa shape index (κ3) is 3.34. The standard InChI is InChI=1S/2C9H6BrN/c2*10-8-5-1-3-7-4-2-6-11-9(7)8/h2*1-6H. The summed E-state index contributed by atoms with van der Waals surface area (Å²) in [6.07, 6.45) is 3.60. The van der Waals surface area contributed by atoms with E-state index in [1.165, 1.54) is 10.8 Å². The van der Waals surface area contributed by atoms with Crippen molar-refractivity contribution < 1.29 is 0 Å². The number of benzene rings is 2. The first kappa shape index (κ1) is 15.1. The van der Waals surface area contributed by atoms with E-state index in [9.17, 15) is 0 Å². The van der Waals surface area contributed by atoms with Crippen LogP contribution in [0, 0.1) is 0 Å². The number of para-hydroxylation sites is 2. The van der Waals surface area contributed by atoms with Gasteiger partial charge in [0.15, 0.2) is 0 Å². The van der Waals surface area contributed by atoms with E-state index in [1.54, 1.807) is 12.4 Å². The Balaban J connectivity index is 0.000000131. The van der Waals surface area contributed by atoms with Crippen molar-refractivity contribution in [2.75, 3.05) is 0 Å². The van der Waals surface area contributed by atoms with E-state index in [0.29, 0.717) is 0 Å². The van der Waals surface area contributed by atoms with Gasteiger partial charge < -0.3 is 0 Å². The summed E-state index contributed by atoms with van der Waals surface area (Å²) in [5.41, 5.74) is 2.05. The zero-order valence-corrected chi connectivity index (χ0v) is 14.8. The van der Waals surface area contributed by atoms with Crippen molar-refractivity contribution in [1.82, 2.24) is 9.97 Å². The fourth-order valence-corrected chi connectivity index (χ4v) is 3.10. The quantitative estimate of drug-likeness (QED) is 0.352. The average molecular weight is 416 g/mol. The molecular formula is C18H12Br2N2. The number of aromatic nitrogens is 2. The second kappa shape index (κ2) is 6.99. The van der Waals surface area contributed by atoms with Crippen LogP contribution in [0.4, 0.5) is 0 Å². The lowest BCUT2D eigenvalue weighted by atomic mass is 10.2. The Hall–Kier alpha value is -1.78. The van der Waals surface area contributed by atoms with E-state index in [-0.39, 0.29) is 0 Å². The van der Waals surface area contributed by atoms with Gasteiger partial charge in [-0.15, -0.1) is 0 Å². The van der Waals surface area contributed by atoms with Gasteiger partial charge in [0.2, 0.25) is 0 Å². The molecule has 0 aliphatic heterocycles. The maximum Gasteiger partial charge on any atom is 0.0843 e. The molecule has 2 aromatic heterocycles. The Morgan fingerprint density at radius 2 is 0.955 bits per heavy atom. The lowest BCUT2D eigenvalue weighted by molar-refractivity contribution is 1.40. The van der Waals surface area contributed by atoms with E-state index >= 15 is 0 Å². The van der Waals surface area contributed by atoms with E-state index < -0.39 is 0 Å². The van der Waals surface area contributed by atoms with Gasteiger partial charge in [-0.25, -0.2) is 0 Å². The first-order chi connectivity index (χ1) is 10.8. The van der Waals surface area contributed by atoms with Crippen molar-refractivity contribution in [3.05, 3.63) is 82.0 Å². The molecule has 0 saturated heterocycles. The highest BCUT2D eigenvalue weighted by molar-refractivity contribution is 9.11. The molecule has 0 fully saturated rings. The van der Waals surface area contributed by atoms with Crippen molar-refractivity contribution in [2.24, 2.45) is 0 Å². The highest BCUT2D eigenvalue weighted by Gasteiger charge is 1.96. The van der Waals surface area contributed by atoms with Crippen LogP contribution in [0.3, 0.4) is 0 Å². The molecule has 0 saturated carbocycles. The Bertz CT molecular complexity index is 835. The zero-order chi connectivity index (χ0) is 15.4. The fraction of sp³-hybridized carbons (Fsp3) is 0. The fourth-order valence-electron chi connectivity index (χ4n) is 2.13. The summed E-state index contributed by atoms with van der Waals surface area (Å²) in [6, 6.07) is 20.1. The van der Waals surface area contributed by atoms with E-state index in [4.69, 9.17) is 0 Å². The van der Waals surface area contributed by atoms with Crippen LogP contribution < -0.4 is 0 Å². The van der Waals surface area contributed by atoms with Crippen LogP contribution in [0.15, 0.2) is 82.0 Å². The van der Waals surface area contributed by atoms with Gasteiger partial charge in [0, 0.05) is 32.1 Å². The minimum atomic E-state index is 1.02. The van der Waals surface area contributed by atoms with Gasteiger partial charge in [0.25, 0.3) is 0 Å². The average Bonchev–Trinajstić information content (AvgIpc) is 2.57. The molecule has 22 heavy (non-hydrogen) atoms. The summed E-state index contributed by atoms with van der Waals surface area (Å²) in [6.45, 7) is 0. The molecule has 0 N–H and O–H groups in total. The second-order valence-corrected chi connectivity index (χ2v) is 6.34. The van der Waals surface area contributed by atoms with Crippen molar-refractivity contribution in [3.63, 3.8) is 0 Å². The van der Waals surface area contributed by atoms with Gasteiger partial charge in [-0.3, -0.25) is 9.97 Å². The van der Waals surface area contributed by atoms with Crippen molar-refractivity contribution >= 4 is 53.7 Å². The van der Waals surface area contributed by atoms with Gasteiger partial charge in [0.05, 0.1) is 11.0 Å². The predicted octanol–water partition coefficient (Wildman–Crippen LogP) is 5.99. The van der Waals surface area contributed by atoms with Gasteiger partial charge in [-0.05, 0) is 56.1 Å². The zero-order valence-electron chi connectivity index (χ0n) is 11.6. The van der Waals surface area contributed by atoms with Gasteiger partial charge in [-0.1, -0.05) is 36.4 Å². The van der Waals surface area contributed by atoms with Crippen molar-refractivity contribution in [3.8, 4) is 0 Å². The lowest BCUT2D eigenvalue weighted by Gasteiger charge is -1.96. The van der Waals surface area contributed by atoms with E-state index in [0.717, 1.165) is 20.0 Å². The number of nitrogens with zero attached hydrogens (tertiary/aromatic N) is 2. The van der Waals surface area contributed by atoms with E-state index in [1.807, 2.05) is 60.7 Å². The van der Waals surface area contributed by atoms with Crippen LogP contribution in [-0.2, 0) is 0 Å². The lowest BCUT2D eigenvalue weighted by Crippen LogP contribution is -1.76. The maximum absolute atomic E-state index is 4.23. The Labute approximate surface area is 145 Å². The Morgan fingerprint density at radius 1 is 0.545 bits per heavy atom. The topological polar surface area (TPSA) is 25.8 Å². The molecule has 0 aliphatic rings. The summed E-state index contributed by atoms with van der Waals surface area (Å²) >= 11 is 6.87.